The SMILES string of the molecule is COc1ccnc(Nc2cccc(Oc3cccc(Cl)c3)c2)n1. The highest BCUT2D eigenvalue weighted by Crippen LogP contribution is 2.27. The molecule has 3 aromatic rings. The molecule has 23 heavy (non-hydrogen) atoms. The number of nitrogens with one attached hydrogen (secondary N) is 1. The van der Waals surface area contributed by atoms with Gasteiger partial charge in [-0.25, -0.2) is 4.98 Å². The van der Waals surface area contributed by atoms with Crippen LogP contribution in [0.25, 0.3) is 0 Å². The molecule has 0 spiro atoms. The Balaban J connectivity index is 1.76. The monoisotopic (exact) mass is 327 g/mol. The molecular weight excluding hydrogens is 314 g/mol. The van der Waals surface area contributed by atoms with Gasteiger partial charge in [-0.3, -0.25) is 0 Å². The lowest BCUT2D eigenvalue weighted by Gasteiger charge is -2.09. The average Bonchev–Trinajstić information content (AvgIpc) is 2.55. The molecule has 3 rings (SSSR count). The first kappa shape index (κ1) is 15.1. The summed E-state index contributed by atoms with van der Waals surface area (Å²) >= 11 is 5.96. The zero-order valence-electron chi connectivity index (χ0n) is 12.4. The molecule has 0 amide bonds. The Morgan fingerprint density at radius 1 is 1.00 bits per heavy atom. The molecule has 0 aliphatic carbocycles. The van der Waals surface area contributed by atoms with Crippen molar-refractivity contribution in [3.63, 3.8) is 0 Å². The predicted molar refractivity (Wildman–Crippen MR) is 89.8 cm³/mol. The Labute approximate surface area is 138 Å². The highest BCUT2D eigenvalue weighted by atomic mass is 35.5. The summed E-state index contributed by atoms with van der Waals surface area (Å²) < 4.78 is 10.9. The first-order valence-electron chi connectivity index (χ1n) is 6.90. The zero-order valence-corrected chi connectivity index (χ0v) is 13.1. The van der Waals surface area contributed by atoms with Crippen LogP contribution in [0, 0.1) is 0 Å². The molecule has 0 saturated carbocycles. The van der Waals surface area contributed by atoms with Gasteiger partial charge in [-0.15, -0.1) is 0 Å². The largest absolute Gasteiger partial charge is 0.481 e. The maximum atomic E-state index is 5.96. The quantitative estimate of drug-likeness (QED) is 0.737. The molecule has 0 unspecified atom stereocenters. The third-order valence-corrected chi connectivity index (χ3v) is 3.20. The molecule has 2 aromatic carbocycles. The highest BCUT2D eigenvalue weighted by molar-refractivity contribution is 6.30. The molecular formula is C17H14ClN3O2. The number of nitrogens with zero attached hydrogens (tertiary/aromatic N) is 2. The van der Waals surface area contributed by atoms with E-state index in [0.717, 1.165) is 5.69 Å². The van der Waals surface area contributed by atoms with Gasteiger partial charge in [-0.1, -0.05) is 23.7 Å². The molecule has 5 nitrogen and oxygen atoms in total. The van der Waals surface area contributed by atoms with Crippen molar-refractivity contribution in [1.29, 1.82) is 0 Å². The van der Waals surface area contributed by atoms with Crippen molar-refractivity contribution in [3.8, 4) is 17.4 Å². The predicted octanol–water partition coefficient (Wildman–Crippen LogP) is 4.67. The topological polar surface area (TPSA) is 56.3 Å². The fourth-order valence-electron chi connectivity index (χ4n) is 1.95. The van der Waals surface area contributed by atoms with Crippen LogP contribution in [-0.4, -0.2) is 17.1 Å². The van der Waals surface area contributed by atoms with Crippen LogP contribution in [-0.2, 0) is 0 Å². The molecule has 0 saturated heterocycles. The molecule has 0 fully saturated rings. The van der Waals surface area contributed by atoms with E-state index >= 15 is 0 Å². The Bertz CT molecular complexity index is 811. The summed E-state index contributed by atoms with van der Waals surface area (Å²) in [5, 5.41) is 3.73. The van der Waals surface area contributed by atoms with Gasteiger partial charge in [0.15, 0.2) is 0 Å². The van der Waals surface area contributed by atoms with Crippen LogP contribution in [0.5, 0.6) is 17.4 Å². The summed E-state index contributed by atoms with van der Waals surface area (Å²) in [5.41, 5.74) is 0.804. The summed E-state index contributed by atoms with van der Waals surface area (Å²) in [6.07, 6.45) is 1.63. The van der Waals surface area contributed by atoms with Gasteiger partial charge in [0.2, 0.25) is 11.8 Å². The first-order valence-corrected chi connectivity index (χ1v) is 7.28. The van der Waals surface area contributed by atoms with Crippen LogP contribution in [0.15, 0.2) is 60.8 Å². The summed E-state index contributed by atoms with van der Waals surface area (Å²) in [5.74, 6) is 2.30. The second-order valence-corrected chi connectivity index (χ2v) is 5.07. The molecule has 0 atom stereocenters. The van der Waals surface area contributed by atoms with Crippen LogP contribution in [0.3, 0.4) is 0 Å². The molecule has 1 heterocycles. The smallest absolute Gasteiger partial charge is 0.230 e. The average molecular weight is 328 g/mol. The number of hydrogen-bond donors (Lipinski definition) is 1. The number of methoxy groups -OCH3 is 1. The van der Waals surface area contributed by atoms with Crippen LogP contribution < -0.4 is 14.8 Å². The van der Waals surface area contributed by atoms with Crippen LogP contribution in [0.4, 0.5) is 11.6 Å². The van der Waals surface area contributed by atoms with Crippen molar-refractivity contribution in [2.45, 2.75) is 0 Å². The lowest BCUT2D eigenvalue weighted by atomic mass is 10.3. The van der Waals surface area contributed by atoms with Gasteiger partial charge in [0.05, 0.1) is 7.11 Å². The van der Waals surface area contributed by atoms with Gasteiger partial charge in [0.1, 0.15) is 11.5 Å². The van der Waals surface area contributed by atoms with Crippen molar-refractivity contribution < 1.29 is 9.47 Å². The van der Waals surface area contributed by atoms with Gasteiger partial charge in [0, 0.05) is 29.0 Å². The van der Waals surface area contributed by atoms with E-state index in [-0.39, 0.29) is 0 Å². The summed E-state index contributed by atoms with van der Waals surface area (Å²) in [6, 6.07) is 16.4. The van der Waals surface area contributed by atoms with Gasteiger partial charge in [-0.2, -0.15) is 4.98 Å². The van der Waals surface area contributed by atoms with Crippen molar-refractivity contribution in [2.75, 3.05) is 12.4 Å². The van der Waals surface area contributed by atoms with Gasteiger partial charge in [-0.05, 0) is 30.3 Å². The lowest BCUT2D eigenvalue weighted by molar-refractivity contribution is 0.397. The molecule has 0 aliphatic heterocycles. The number of halogens is 1. The third-order valence-electron chi connectivity index (χ3n) is 2.96. The van der Waals surface area contributed by atoms with E-state index in [9.17, 15) is 0 Å². The van der Waals surface area contributed by atoms with Crippen molar-refractivity contribution in [1.82, 2.24) is 9.97 Å². The van der Waals surface area contributed by atoms with E-state index in [0.29, 0.717) is 28.3 Å². The molecule has 1 aromatic heterocycles. The van der Waals surface area contributed by atoms with Gasteiger partial charge >= 0.3 is 0 Å². The minimum absolute atomic E-state index is 0.448. The van der Waals surface area contributed by atoms with E-state index in [4.69, 9.17) is 21.1 Å². The van der Waals surface area contributed by atoms with Crippen molar-refractivity contribution in [3.05, 3.63) is 65.8 Å². The normalized spacial score (nSPS) is 10.2. The molecule has 0 radical (unpaired) electrons. The number of rotatable bonds is 5. The summed E-state index contributed by atoms with van der Waals surface area (Å²) in [6.45, 7) is 0. The Hall–Kier alpha value is -2.79. The molecule has 116 valence electrons. The minimum Gasteiger partial charge on any atom is -0.481 e. The number of hydrogen-bond acceptors (Lipinski definition) is 5. The van der Waals surface area contributed by atoms with E-state index in [1.807, 2.05) is 36.4 Å². The second-order valence-electron chi connectivity index (χ2n) is 4.63. The minimum atomic E-state index is 0.448. The van der Waals surface area contributed by atoms with E-state index < -0.39 is 0 Å². The highest BCUT2D eigenvalue weighted by Gasteiger charge is 2.03. The second kappa shape index (κ2) is 6.98. The van der Waals surface area contributed by atoms with Crippen LogP contribution >= 0.6 is 11.6 Å². The van der Waals surface area contributed by atoms with E-state index in [1.165, 1.54) is 0 Å². The van der Waals surface area contributed by atoms with Gasteiger partial charge < -0.3 is 14.8 Å². The number of ether oxygens (including phenoxy) is 2. The van der Waals surface area contributed by atoms with Crippen LogP contribution in [0.1, 0.15) is 0 Å². The Kier molecular flexibility index (Phi) is 4.59. The van der Waals surface area contributed by atoms with Crippen molar-refractivity contribution >= 4 is 23.2 Å². The molecule has 0 bridgehead atoms. The Morgan fingerprint density at radius 3 is 2.57 bits per heavy atom. The molecule has 1 N–H and O–H groups in total. The first-order chi connectivity index (χ1) is 11.2. The number of anilines is 2. The van der Waals surface area contributed by atoms with Gasteiger partial charge in [0.25, 0.3) is 0 Å². The van der Waals surface area contributed by atoms with E-state index in [2.05, 4.69) is 15.3 Å². The number of aromatic nitrogens is 2. The number of benzene rings is 2. The molecule has 6 heteroatoms. The zero-order chi connectivity index (χ0) is 16.1. The fraction of sp³-hybridized carbons (Fsp3) is 0.0588. The molecule has 0 aliphatic rings. The summed E-state index contributed by atoms with van der Waals surface area (Å²) in [4.78, 5) is 8.36. The van der Waals surface area contributed by atoms with Crippen LogP contribution in [0.2, 0.25) is 5.02 Å². The third kappa shape index (κ3) is 4.11. The Morgan fingerprint density at radius 2 is 1.78 bits per heavy atom. The maximum absolute atomic E-state index is 5.96. The lowest BCUT2D eigenvalue weighted by Crippen LogP contribution is -1.98. The van der Waals surface area contributed by atoms with Crippen molar-refractivity contribution in [2.24, 2.45) is 0 Å². The fourth-order valence-corrected chi connectivity index (χ4v) is 2.13. The standard InChI is InChI=1S/C17H14ClN3O2/c1-22-16-8-9-19-17(21-16)20-13-5-3-7-15(11-13)23-14-6-2-4-12(18)10-14/h2-11H,1H3,(H,19,20,21). The maximum Gasteiger partial charge on any atom is 0.230 e. The van der Waals surface area contributed by atoms with E-state index in [1.54, 1.807) is 31.5 Å². The summed E-state index contributed by atoms with van der Waals surface area (Å²) in [7, 11) is 1.56.